The van der Waals surface area contributed by atoms with E-state index in [0.29, 0.717) is 12.0 Å². The van der Waals surface area contributed by atoms with Crippen LogP contribution in [0.15, 0.2) is 48.5 Å². The molecule has 2 aromatic carbocycles. The molecule has 0 aliphatic carbocycles. The van der Waals surface area contributed by atoms with Gasteiger partial charge >= 0.3 is 0 Å². The van der Waals surface area contributed by atoms with E-state index in [1.165, 1.54) is 6.07 Å². The maximum atomic E-state index is 13.5. The number of fused-ring (bicyclic) bond motifs is 4. The van der Waals surface area contributed by atoms with Crippen LogP contribution in [-0.2, 0) is 16.0 Å². The first-order valence-corrected chi connectivity index (χ1v) is 10.9. The molecular formula is C24H25N4O4-. The number of carbonyl (C=O) groups excluding carboxylic acids is 2. The number of nitrogens with zero attached hydrogens (tertiary/aromatic N) is 3. The number of rotatable bonds is 4. The van der Waals surface area contributed by atoms with E-state index in [9.17, 15) is 20.0 Å². The predicted octanol–water partition coefficient (Wildman–Crippen LogP) is 3.34. The Kier molecular flexibility index (Phi) is 4.91. The topological polar surface area (TPSA) is 103 Å². The quantitative estimate of drug-likeness (QED) is 0.615. The summed E-state index contributed by atoms with van der Waals surface area (Å²) in [5.41, 5.74) is 3.51. The number of hydrogen-bond donors (Lipinski definition) is 2. The minimum Gasteiger partial charge on any atom is -0.733 e. The third kappa shape index (κ3) is 3.06. The fourth-order valence-electron chi connectivity index (χ4n) is 5.04. The molecule has 3 aromatic rings. The second kappa shape index (κ2) is 7.65. The van der Waals surface area contributed by atoms with Crippen LogP contribution in [0.2, 0.25) is 0 Å². The van der Waals surface area contributed by atoms with Crippen molar-refractivity contribution in [3.63, 3.8) is 0 Å². The number of anilines is 1. The molecule has 0 bridgehead atoms. The van der Waals surface area contributed by atoms with Crippen molar-refractivity contribution in [2.24, 2.45) is 0 Å². The molecule has 2 N–H and O–H groups in total. The molecule has 5 rings (SSSR count). The van der Waals surface area contributed by atoms with Crippen LogP contribution in [0, 0.1) is 5.21 Å². The summed E-state index contributed by atoms with van der Waals surface area (Å²) in [5.74, 6) is -0.179. The molecule has 166 valence electrons. The summed E-state index contributed by atoms with van der Waals surface area (Å²) in [7, 11) is 0. The average Bonchev–Trinajstić information content (AvgIpc) is 3.18. The van der Waals surface area contributed by atoms with Gasteiger partial charge in [-0.3, -0.25) is 14.8 Å². The van der Waals surface area contributed by atoms with Crippen LogP contribution in [-0.4, -0.2) is 50.4 Å². The zero-order valence-electron chi connectivity index (χ0n) is 18.0. The zero-order chi connectivity index (χ0) is 22.6. The van der Waals surface area contributed by atoms with E-state index >= 15 is 0 Å². The molecule has 1 saturated heterocycles. The number of carbonyl (C=O) groups is 2. The summed E-state index contributed by atoms with van der Waals surface area (Å²) in [4.78, 5) is 33.8. The van der Waals surface area contributed by atoms with E-state index in [1.807, 2.05) is 44.2 Å². The lowest BCUT2D eigenvalue weighted by molar-refractivity contribution is -0.160. The highest BCUT2D eigenvalue weighted by atomic mass is 16.8. The van der Waals surface area contributed by atoms with Crippen LogP contribution < -0.4 is 5.23 Å². The lowest BCUT2D eigenvalue weighted by Gasteiger charge is -2.48. The number of amides is 2. The summed E-state index contributed by atoms with van der Waals surface area (Å²) in [6, 6.07) is 13.2. The molecule has 2 aliphatic heterocycles. The summed E-state index contributed by atoms with van der Waals surface area (Å²) in [5, 5.41) is 21.8. The molecule has 1 aromatic heterocycles. The number of piperazine rings is 1. The van der Waals surface area contributed by atoms with Crippen LogP contribution in [0.1, 0.15) is 43.1 Å². The van der Waals surface area contributed by atoms with Gasteiger partial charge in [-0.2, -0.15) is 0 Å². The van der Waals surface area contributed by atoms with Crippen LogP contribution >= 0.6 is 0 Å². The van der Waals surface area contributed by atoms with Crippen molar-refractivity contribution >= 4 is 28.4 Å². The van der Waals surface area contributed by atoms with Crippen molar-refractivity contribution in [3.05, 3.63) is 70.6 Å². The van der Waals surface area contributed by atoms with Crippen molar-refractivity contribution < 1.29 is 14.8 Å². The highest BCUT2D eigenvalue weighted by Crippen LogP contribution is 2.43. The van der Waals surface area contributed by atoms with Crippen LogP contribution in [0.3, 0.4) is 0 Å². The second-order valence-corrected chi connectivity index (χ2v) is 8.58. The highest BCUT2D eigenvalue weighted by Gasteiger charge is 2.48. The molecule has 0 spiro atoms. The van der Waals surface area contributed by atoms with Gasteiger partial charge < -0.3 is 25.2 Å². The Bertz CT molecular complexity index is 1200. The van der Waals surface area contributed by atoms with Gasteiger partial charge in [0.25, 0.3) is 0 Å². The van der Waals surface area contributed by atoms with Gasteiger partial charge in [-0.1, -0.05) is 37.3 Å². The standard InChI is InChI=1S/C24H25N4O4/c1-3-14(2)26-13-21(29)27-20(24(26)30)12-18-17-9-4-5-10-19(17)25-22(18)23(27)15-7-6-8-16(11-15)28(31)32/h4-11,14,20,23,25,31H,3,12-13H2,1-2H3/q-1. The SMILES string of the molecule is CCC(C)N1CC(=O)N2C(Cc3c([nH]c4ccccc34)C2c2cccc(N([O-])O)c2)C1=O. The van der Waals surface area contributed by atoms with Gasteiger partial charge in [0.05, 0.1) is 11.7 Å². The van der Waals surface area contributed by atoms with Crippen LogP contribution in [0.4, 0.5) is 5.69 Å². The Morgan fingerprint density at radius 3 is 2.75 bits per heavy atom. The summed E-state index contributed by atoms with van der Waals surface area (Å²) in [6.45, 7) is 4.00. The molecule has 32 heavy (non-hydrogen) atoms. The number of H-pyrrole nitrogens is 1. The van der Waals surface area contributed by atoms with Crippen molar-refractivity contribution in [1.82, 2.24) is 14.8 Å². The monoisotopic (exact) mass is 433 g/mol. The first kappa shape index (κ1) is 20.5. The van der Waals surface area contributed by atoms with Gasteiger partial charge in [0.1, 0.15) is 12.6 Å². The average molecular weight is 433 g/mol. The fraction of sp³-hybridized carbons (Fsp3) is 0.333. The first-order valence-electron chi connectivity index (χ1n) is 10.9. The van der Waals surface area contributed by atoms with Gasteiger partial charge in [0.2, 0.25) is 11.8 Å². The van der Waals surface area contributed by atoms with Gasteiger partial charge in [0, 0.05) is 29.1 Å². The summed E-state index contributed by atoms with van der Waals surface area (Å²) >= 11 is 0. The smallest absolute Gasteiger partial charge is 0.246 e. The molecule has 2 amide bonds. The Hall–Kier alpha value is -3.36. The minimum absolute atomic E-state index is 0.0249. The van der Waals surface area contributed by atoms with E-state index in [4.69, 9.17) is 0 Å². The second-order valence-electron chi connectivity index (χ2n) is 8.58. The molecule has 0 saturated carbocycles. The largest absolute Gasteiger partial charge is 0.733 e. The summed E-state index contributed by atoms with van der Waals surface area (Å²) < 4.78 is 0. The van der Waals surface area contributed by atoms with E-state index in [-0.39, 0.29) is 35.3 Å². The Balaban J connectivity index is 1.70. The van der Waals surface area contributed by atoms with E-state index in [0.717, 1.165) is 28.6 Å². The van der Waals surface area contributed by atoms with Crippen molar-refractivity contribution in [2.75, 3.05) is 11.8 Å². The molecule has 8 nitrogen and oxygen atoms in total. The van der Waals surface area contributed by atoms with Gasteiger partial charge in [-0.05, 0) is 42.7 Å². The third-order valence-corrected chi connectivity index (χ3v) is 6.82. The van der Waals surface area contributed by atoms with Crippen molar-refractivity contribution in [2.45, 2.75) is 44.8 Å². The molecular weight excluding hydrogens is 408 g/mol. The maximum absolute atomic E-state index is 13.5. The van der Waals surface area contributed by atoms with E-state index in [2.05, 4.69) is 4.98 Å². The van der Waals surface area contributed by atoms with Crippen molar-refractivity contribution in [1.29, 1.82) is 0 Å². The number of aromatic nitrogens is 1. The molecule has 8 heteroatoms. The number of para-hydroxylation sites is 1. The number of benzene rings is 2. The van der Waals surface area contributed by atoms with E-state index < -0.39 is 12.1 Å². The molecule has 3 unspecified atom stereocenters. The minimum atomic E-state index is -0.622. The molecule has 0 radical (unpaired) electrons. The molecule has 3 heterocycles. The molecule has 1 fully saturated rings. The lowest BCUT2D eigenvalue weighted by Crippen LogP contribution is -2.64. The number of hydrogen-bond acceptors (Lipinski definition) is 5. The van der Waals surface area contributed by atoms with Crippen molar-refractivity contribution in [3.8, 4) is 0 Å². The molecule has 2 aliphatic rings. The zero-order valence-corrected chi connectivity index (χ0v) is 18.0. The first-order chi connectivity index (χ1) is 15.4. The van der Waals surface area contributed by atoms with Gasteiger partial charge in [-0.25, -0.2) is 0 Å². The van der Waals surface area contributed by atoms with Crippen LogP contribution in [0.5, 0.6) is 0 Å². The fourth-order valence-corrected chi connectivity index (χ4v) is 5.04. The Morgan fingerprint density at radius 2 is 2.00 bits per heavy atom. The highest BCUT2D eigenvalue weighted by molar-refractivity contribution is 5.97. The number of nitrogens with one attached hydrogen (secondary N) is 1. The van der Waals surface area contributed by atoms with Crippen LogP contribution in [0.25, 0.3) is 10.9 Å². The van der Waals surface area contributed by atoms with E-state index in [1.54, 1.807) is 21.9 Å². The third-order valence-electron chi connectivity index (χ3n) is 6.82. The van der Waals surface area contributed by atoms with Gasteiger partial charge in [0.15, 0.2) is 0 Å². The van der Waals surface area contributed by atoms with Gasteiger partial charge in [-0.15, -0.1) is 0 Å². The lowest BCUT2D eigenvalue weighted by atomic mass is 9.85. The number of aromatic amines is 1. The summed E-state index contributed by atoms with van der Waals surface area (Å²) in [6.07, 6.45) is 1.20. The Labute approximate surface area is 185 Å². The maximum Gasteiger partial charge on any atom is 0.246 e. The predicted molar refractivity (Wildman–Crippen MR) is 120 cm³/mol. The normalized spacial score (nSPS) is 21.5. The Morgan fingerprint density at radius 1 is 1.22 bits per heavy atom. The molecule has 3 atom stereocenters.